The maximum absolute atomic E-state index is 11.5. The number of H-pyrrole nitrogens is 1. The second-order valence-electron chi connectivity index (χ2n) is 3.69. The van der Waals surface area contributed by atoms with Crippen LogP contribution in [-0.4, -0.2) is 5.16 Å². The van der Waals surface area contributed by atoms with Crippen LogP contribution in [0.3, 0.4) is 0 Å². The van der Waals surface area contributed by atoms with Gasteiger partial charge in [0.25, 0.3) is 5.43 Å². The number of hydrogen-bond donors (Lipinski definition) is 1. The molecule has 0 aromatic carbocycles. The predicted octanol–water partition coefficient (Wildman–Crippen LogP) is 0.987. The Kier molecular flexibility index (Phi) is 2.52. The van der Waals surface area contributed by atoms with Crippen LogP contribution >= 0.6 is 0 Å². The lowest BCUT2D eigenvalue weighted by Crippen LogP contribution is -2.29. The number of rotatable bonds is 0. The Labute approximate surface area is 80.9 Å². The van der Waals surface area contributed by atoms with Crippen LogP contribution in [0.1, 0.15) is 36.9 Å². The summed E-state index contributed by atoms with van der Waals surface area (Å²) in [6.45, 7) is 0. The molecule has 0 radical (unpaired) electrons. The van der Waals surface area contributed by atoms with Crippen molar-refractivity contribution in [3.8, 4) is 0 Å². The van der Waals surface area contributed by atoms with Crippen LogP contribution in [0.4, 0.5) is 0 Å². The molecule has 0 fully saturated rings. The molecule has 4 nitrogen and oxygen atoms in total. The minimum Gasteiger partial charge on any atom is -0.335 e. The molecule has 0 saturated heterocycles. The Hall–Kier alpha value is -1.32. The summed E-state index contributed by atoms with van der Waals surface area (Å²) in [5, 5.41) is 2.58. The zero-order valence-electron chi connectivity index (χ0n) is 7.97. The third kappa shape index (κ3) is 1.64. The van der Waals surface area contributed by atoms with Gasteiger partial charge in [0.1, 0.15) is 0 Å². The fourth-order valence-electron chi connectivity index (χ4n) is 1.90. The normalized spacial score (nSPS) is 16.9. The smallest absolute Gasteiger partial charge is 0.335 e. The van der Waals surface area contributed by atoms with E-state index in [2.05, 4.69) is 9.68 Å². The third-order valence-corrected chi connectivity index (χ3v) is 2.69. The molecule has 1 aromatic rings. The second kappa shape index (κ2) is 3.82. The number of aromatic amines is 1. The summed E-state index contributed by atoms with van der Waals surface area (Å²) in [4.78, 5) is 22.4. The average Bonchev–Trinajstić information content (AvgIpc) is 2.13. The number of aryl methyl sites for hydroxylation is 1. The number of hydrogen-bond acceptors (Lipinski definition) is 3. The van der Waals surface area contributed by atoms with Gasteiger partial charge in [0, 0.05) is 5.56 Å². The van der Waals surface area contributed by atoms with Gasteiger partial charge in [-0.05, 0) is 25.7 Å². The van der Waals surface area contributed by atoms with Crippen molar-refractivity contribution in [1.82, 2.24) is 5.16 Å². The molecule has 0 unspecified atom stereocenters. The fraction of sp³-hybridized carbons (Fsp3) is 0.600. The first kappa shape index (κ1) is 9.24. The highest BCUT2D eigenvalue weighted by atomic mass is 16.5. The highest BCUT2D eigenvalue weighted by Crippen LogP contribution is 2.14. The predicted molar refractivity (Wildman–Crippen MR) is 51.5 cm³/mol. The lowest BCUT2D eigenvalue weighted by molar-refractivity contribution is 0.347. The van der Waals surface area contributed by atoms with Gasteiger partial charge >= 0.3 is 5.63 Å². The summed E-state index contributed by atoms with van der Waals surface area (Å²) in [7, 11) is 0. The molecule has 1 N–H and O–H groups in total. The summed E-state index contributed by atoms with van der Waals surface area (Å²) in [6, 6.07) is 0. The Morgan fingerprint density at radius 3 is 2.50 bits per heavy atom. The minimum absolute atomic E-state index is 0.458. The zero-order chi connectivity index (χ0) is 9.97. The van der Waals surface area contributed by atoms with Crippen molar-refractivity contribution >= 4 is 0 Å². The summed E-state index contributed by atoms with van der Waals surface area (Å²) in [5.74, 6) is 0. The number of fused-ring (bicyclic) bond motifs is 1. The minimum atomic E-state index is -0.774. The quantitative estimate of drug-likeness (QED) is 0.628. The molecule has 76 valence electrons. The average molecular weight is 195 g/mol. The van der Waals surface area contributed by atoms with E-state index in [1.165, 1.54) is 6.42 Å². The van der Waals surface area contributed by atoms with E-state index in [0.717, 1.165) is 31.4 Å². The van der Waals surface area contributed by atoms with Gasteiger partial charge in [-0.3, -0.25) is 4.79 Å². The van der Waals surface area contributed by atoms with Crippen LogP contribution in [-0.2, 0) is 12.8 Å². The molecule has 0 saturated carbocycles. The summed E-state index contributed by atoms with van der Waals surface area (Å²) < 4.78 is 4.56. The molecule has 0 aliphatic heterocycles. The van der Waals surface area contributed by atoms with E-state index in [0.29, 0.717) is 12.0 Å². The molecular formula is C10H13NO3. The Bertz CT molecular complexity index is 430. The van der Waals surface area contributed by atoms with Crippen LogP contribution in [0.15, 0.2) is 14.1 Å². The highest BCUT2D eigenvalue weighted by Gasteiger charge is 2.13. The molecule has 4 heteroatoms. The maximum atomic E-state index is 11.5. The largest absolute Gasteiger partial charge is 0.403 e. The van der Waals surface area contributed by atoms with E-state index in [4.69, 9.17) is 0 Å². The van der Waals surface area contributed by atoms with Crippen molar-refractivity contribution < 1.29 is 4.52 Å². The van der Waals surface area contributed by atoms with Crippen LogP contribution < -0.4 is 11.1 Å². The molecule has 1 heterocycles. The summed E-state index contributed by atoms with van der Waals surface area (Å²) >= 11 is 0. The van der Waals surface area contributed by atoms with E-state index in [1.807, 2.05) is 0 Å². The van der Waals surface area contributed by atoms with Gasteiger partial charge in [0.15, 0.2) is 0 Å². The van der Waals surface area contributed by atoms with Gasteiger partial charge < -0.3 is 4.52 Å². The van der Waals surface area contributed by atoms with Crippen LogP contribution in [0.5, 0.6) is 0 Å². The van der Waals surface area contributed by atoms with Crippen molar-refractivity contribution in [3.63, 3.8) is 0 Å². The van der Waals surface area contributed by atoms with Gasteiger partial charge in [-0.15, -0.1) is 0 Å². The lowest BCUT2D eigenvalue weighted by Gasteiger charge is -2.10. The first-order valence-electron chi connectivity index (χ1n) is 5.02. The van der Waals surface area contributed by atoms with E-state index >= 15 is 0 Å². The highest BCUT2D eigenvalue weighted by molar-refractivity contribution is 5.17. The molecule has 0 amide bonds. The Morgan fingerprint density at radius 1 is 1.00 bits per heavy atom. The van der Waals surface area contributed by atoms with Crippen molar-refractivity contribution in [3.05, 3.63) is 31.9 Å². The van der Waals surface area contributed by atoms with Gasteiger partial charge in [-0.2, -0.15) is 0 Å². The third-order valence-electron chi connectivity index (χ3n) is 2.69. The molecule has 1 aromatic heterocycles. The number of aromatic nitrogens is 1. The molecular weight excluding hydrogens is 182 g/mol. The Balaban J connectivity index is 2.50. The first-order chi connectivity index (χ1) is 6.79. The fourth-order valence-corrected chi connectivity index (χ4v) is 1.90. The van der Waals surface area contributed by atoms with Crippen molar-refractivity contribution in [2.75, 3.05) is 0 Å². The number of nitrogens with one attached hydrogen (secondary N) is 1. The zero-order valence-corrected chi connectivity index (χ0v) is 7.97. The lowest BCUT2D eigenvalue weighted by atomic mass is 9.98. The van der Waals surface area contributed by atoms with Crippen molar-refractivity contribution in [1.29, 1.82) is 0 Å². The van der Waals surface area contributed by atoms with E-state index in [9.17, 15) is 9.59 Å². The SMILES string of the molecule is O=c1o[nH]c2c(c1=O)CCCCCC2. The van der Waals surface area contributed by atoms with E-state index in [1.54, 1.807) is 0 Å². The first-order valence-corrected chi connectivity index (χ1v) is 5.02. The van der Waals surface area contributed by atoms with Crippen molar-refractivity contribution in [2.45, 2.75) is 38.5 Å². The van der Waals surface area contributed by atoms with Crippen molar-refractivity contribution in [2.24, 2.45) is 0 Å². The monoisotopic (exact) mass is 195 g/mol. The van der Waals surface area contributed by atoms with Gasteiger partial charge in [-0.1, -0.05) is 12.8 Å². The van der Waals surface area contributed by atoms with Crippen LogP contribution in [0.25, 0.3) is 0 Å². The molecule has 0 atom stereocenters. The maximum Gasteiger partial charge on any atom is 0.403 e. The molecule has 1 aliphatic rings. The summed E-state index contributed by atoms with van der Waals surface area (Å²) in [6.07, 6.45) is 5.88. The van der Waals surface area contributed by atoms with E-state index < -0.39 is 11.1 Å². The molecule has 14 heavy (non-hydrogen) atoms. The topological polar surface area (TPSA) is 63.1 Å². The standard InChI is InChI=1S/C10H13NO3/c12-9-7-5-3-1-2-4-6-8(7)11-14-10(9)13/h11H,1-6H2. The molecule has 1 aliphatic carbocycles. The van der Waals surface area contributed by atoms with Crippen LogP contribution in [0, 0.1) is 0 Å². The van der Waals surface area contributed by atoms with Gasteiger partial charge in [-0.25, -0.2) is 9.95 Å². The molecule has 0 spiro atoms. The Morgan fingerprint density at radius 2 is 1.71 bits per heavy atom. The molecule has 0 bridgehead atoms. The molecule has 2 rings (SSSR count). The van der Waals surface area contributed by atoms with E-state index in [-0.39, 0.29) is 0 Å². The van der Waals surface area contributed by atoms with Gasteiger partial charge in [0.05, 0.1) is 5.69 Å². The van der Waals surface area contributed by atoms with Gasteiger partial charge in [0.2, 0.25) is 0 Å². The second-order valence-corrected chi connectivity index (χ2v) is 3.69. The van der Waals surface area contributed by atoms with Crippen LogP contribution in [0.2, 0.25) is 0 Å². The summed E-state index contributed by atoms with van der Waals surface area (Å²) in [5.41, 5.74) is 0.222.